The highest BCUT2D eigenvalue weighted by atomic mass is 32.2. The molecular formula is C12H15NO4S. The molecule has 1 heterocycles. The molecule has 0 spiro atoms. The van der Waals surface area contributed by atoms with Crippen LogP contribution in [-0.2, 0) is 14.3 Å². The molecule has 6 heteroatoms. The van der Waals surface area contributed by atoms with Gasteiger partial charge in [-0.1, -0.05) is 18.2 Å². The third kappa shape index (κ3) is 3.30. The van der Waals surface area contributed by atoms with Gasteiger partial charge in [-0.15, -0.1) is 0 Å². The first-order chi connectivity index (χ1) is 8.46. The minimum Gasteiger partial charge on any atom is -0.336 e. The van der Waals surface area contributed by atoms with Gasteiger partial charge in [0.25, 0.3) is 16.0 Å². The van der Waals surface area contributed by atoms with Gasteiger partial charge in [0.05, 0.1) is 12.4 Å². The Balaban J connectivity index is 1.99. The number of hydrogen-bond acceptors (Lipinski definition) is 4. The summed E-state index contributed by atoms with van der Waals surface area (Å²) in [7, 11) is -3.46. The molecule has 0 aromatic heterocycles. The van der Waals surface area contributed by atoms with Crippen LogP contribution < -0.4 is 0 Å². The first-order valence-corrected chi connectivity index (χ1v) is 7.50. The van der Waals surface area contributed by atoms with E-state index in [9.17, 15) is 13.2 Å². The van der Waals surface area contributed by atoms with Crippen molar-refractivity contribution < 1.29 is 17.4 Å². The van der Waals surface area contributed by atoms with Crippen molar-refractivity contribution in [2.45, 2.75) is 12.5 Å². The molecule has 0 N–H and O–H groups in total. The normalized spacial score (nSPS) is 20.1. The molecule has 1 unspecified atom stereocenters. The van der Waals surface area contributed by atoms with Gasteiger partial charge in [-0.05, 0) is 18.6 Å². The van der Waals surface area contributed by atoms with E-state index < -0.39 is 16.2 Å². The molecule has 0 saturated carbocycles. The number of rotatable bonds is 3. The van der Waals surface area contributed by atoms with Crippen LogP contribution in [0.4, 0.5) is 0 Å². The van der Waals surface area contributed by atoms with E-state index in [4.69, 9.17) is 4.18 Å². The zero-order valence-corrected chi connectivity index (χ0v) is 10.9. The maximum absolute atomic E-state index is 12.1. The maximum atomic E-state index is 12.1. The second-order valence-electron chi connectivity index (χ2n) is 4.33. The van der Waals surface area contributed by atoms with Crippen molar-refractivity contribution in [1.82, 2.24) is 4.90 Å². The molecule has 1 atom stereocenters. The van der Waals surface area contributed by atoms with Crippen LogP contribution in [0.1, 0.15) is 16.8 Å². The molecule has 5 nitrogen and oxygen atoms in total. The van der Waals surface area contributed by atoms with Crippen LogP contribution in [0.5, 0.6) is 0 Å². The van der Waals surface area contributed by atoms with E-state index in [1.54, 1.807) is 29.2 Å². The number of hydrogen-bond donors (Lipinski definition) is 0. The molecular weight excluding hydrogens is 254 g/mol. The Hall–Kier alpha value is -1.40. The third-order valence-corrected chi connectivity index (χ3v) is 3.39. The molecule has 1 aromatic carbocycles. The second-order valence-corrected chi connectivity index (χ2v) is 5.93. The van der Waals surface area contributed by atoms with Gasteiger partial charge in [0, 0.05) is 18.7 Å². The first kappa shape index (κ1) is 13.0. The second kappa shape index (κ2) is 5.07. The van der Waals surface area contributed by atoms with Gasteiger partial charge >= 0.3 is 0 Å². The van der Waals surface area contributed by atoms with Crippen LogP contribution in [0.15, 0.2) is 30.3 Å². The average molecular weight is 269 g/mol. The Morgan fingerprint density at radius 1 is 1.33 bits per heavy atom. The molecule has 1 amide bonds. The summed E-state index contributed by atoms with van der Waals surface area (Å²) in [5.41, 5.74) is 0.609. The SMILES string of the molecule is CS(=O)(=O)OC1CCN(C(=O)c2ccccc2)C1. The summed E-state index contributed by atoms with van der Waals surface area (Å²) < 4.78 is 26.9. The summed E-state index contributed by atoms with van der Waals surface area (Å²) in [5.74, 6) is -0.0878. The minimum absolute atomic E-state index is 0.0878. The quantitative estimate of drug-likeness (QED) is 0.764. The predicted octanol–water partition coefficient (Wildman–Crippen LogP) is 0.877. The van der Waals surface area contributed by atoms with Gasteiger partial charge < -0.3 is 4.90 Å². The van der Waals surface area contributed by atoms with Crippen molar-refractivity contribution in [2.24, 2.45) is 0 Å². The summed E-state index contributed by atoms with van der Waals surface area (Å²) in [4.78, 5) is 13.7. The van der Waals surface area contributed by atoms with Crippen LogP contribution >= 0.6 is 0 Å². The highest BCUT2D eigenvalue weighted by molar-refractivity contribution is 7.86. The van der Waals surface area contributed by atoms with Crippen molar-refractivity contribution in [2.75, 3.05) is 19.3 Å². The van der Waals surface area contributed by atoms with E-state index in [0.29, 0.717) is 25.1 Å². The van der Waals surface area contributed by atoms with E-state index in [0.717, 1.165) is 6.26 Å². The van der Waals surface area contributed by atoms with Crippen molar-refractivity contribution in [1.29, 1.82) is 0 Å². The fourth-order valence-electron chi connectivity index (χ4n) is 2.00. The summed E-state index contributed by atoms with van der Waals surface area (Å²) in [6.45, 7) is 0.842. The Labute approximate surface area is 106 Å². The van der Waals surface area contributed by atoms with Gasteiger partial charge in [0.1, 0.15) is 0 Å². The zero-order valence-electron chi connectivity index (χ0n) is 10.1. The van der Waals surface area contributed by atoms with Crippen molar-refractivity contribution in [3.63, 3.8) is 0 Å². The summed E-state index contributed by atoms with van der Waals surface area (Å²) in [6.07, 6.45) is 1.15. The fraction of sp³-hybridized carbons (Fsp3) is 0.417. The fourth-order valence-corrected chi connectivity index (χ4v) is 2.65. The molecule has 98 valence electrons. The van der Waals surface area contributed by atoms with Crippen molar-refractivity contribution in [3.8, 4) is 0 Å². The molecule has 1 aliphatic heterocycles. The smallest absolute Gasteiger partial charge is 0.264 e. The Kier molecular flexibility index (Phi) is 3.68. The van der Waals surface area contributed by atoms with E-state index in [-0.39, 0.29) is 5.91 Å². The molecule has 0 radical (unpaired) electrons. The van der Waals surface area contributed by atoms with Gasteiger partial charge in [-0.25, -0.2) is 0 Å². The molecule has 18 heavy (non-hydrogen) atoms. The third-order valence-electron chi connectivity index (χ3n) is 2.76. The number of carbonyl (C=O) groups excluding carboxylic acids is 1. The molecule has 1 saturated heterocycles. The van der Waals surface area contributed by atoms with Crippen LogP contribution in [0.3, 0.4) is 0 Å². The number of likely N-dealkylation sites (tertiary alicyclic amines) is 1. The van der Waals surface area contributed by atoms with Crippen LogP contribution in [0, 0.1) is 0 Å². The highest BCUT2D eigenvalue weighted by Gasteiger charge is 2.29. The Morgan fingerprint density at radius 2 is 2.00 bits per heavy atom. The lowest BCUT2D eigenvalue weighted by Gasteiger charge is -2.16. The number of carbonyl (C=O) groups is 1. The van der Waals surface area contributed by atoms with Gasteiger partial charge in [0.2, 0.25) is 0 Å². The van der Waals surface area contributed by atoms with Gasteiger partial charge in [-0.2, -0.15) is 8.42 Å². The number of nitrogens with zero attached hydrogens (tertiary/aromatic N) is 1. The molecule has 1 fully saturated rings. The molecule has 2 rings (SSSR count). The highest BCUT2D eigenvalue weighted by Crippen LogP contribution is 2.17. The summed E-state index contributed by atoms with van der Waals surface area (Å²) in [5, 5.41) is 0. The monoisotopic (exact) mass is 269 g/mol. The minimum atomic E-state index is -3.46. The lowest BCUT2D eigenvalue weighted by molar-refractivity contribution is 0.0773. The topological polar surface area (TPSA) is 63.7 Å². The van der Waals surface area contributed by atoms with E-state index in [1.807, 2.05) is 6.07 Å². The summed E-state index contributed by atoms with van der Waals surface area (Å²) in [6, 6.07) is 8.93. The van der Waals surface area contributed by atoms with E-state index in [1.165, 1.54) is 0 Å². The first-order valence-electron chi connectivity index (χ1n) is 5.68. The lowest BCUT2D eigenvalue weighted by Crippen LogP contribution is -2.30. The standard InChI is InChI=1S/C12H15NO4S/c1-18(15,16)17-11-7-8-13(9-11)12(14)10-5-3-2-4-6-10/h2-6,11H,7-9H2,1H3. The van der Waals surface area contributed by atoms with E-state index >= 15 is 0 Å². The summed E-state index contributed by atoms with van der Waals surface area (Å²) >= 11 is 0. The Morgan fingerprint density at radius 3 is 2.61 bits per heavy atom. The van der Waals surface area contributed by atoms with E-state index in [2.05, 4.69) is 0 Å². The molecule has 1 aliphatic rings. The average Bonchev–Trinajstić information content (AvgIpc) is 2.75. The van der Waals surface area contributed by atoms with Crippen LogP contribution in [0.25, 0.3) is 0 Å². The zero-order chi connectivity index (χ0) is 13.2. The molecule has 0 aliphatic carbocycles. The number of benzene rings is 1. The van der Waals surface area contributed by atoms with Crippen LogP contribution in [-0.4, -0.2) is 44.7 Å². The van der Waals surface area contributed by atoms with Gasteiger partial charge in [-0.3, -0.25) is 8.98 Å². The number of amides is 1. The van der Waals surface area contributed by atoms with Gasteiger partial charge in [0.15, 0.2) is 0 Å². The van der Waals surface area contributed by atoms with Crippen LogP contribution in [0.2, 0.25) is 0 Å². The van der Waals surface area contributed by atoms with Crippen molar-refractivity contribution >= 4 is 16.0 Å². The molecule has 1 aromatic rings. The largest absolute Gasteiger partial charge is 0.336 e. The van der Waals surface area contributed by atoms with Crippen molar-refractivity contribution in [3.05, 3.63) is 35.9 Å². The lowest BCUT2D eigenvalue weighted by atomic mass is 10.2. The molecule has 0 bridgehead atoms. The Bertz CT molecular complexity index is 526. The predicted molar refractivity (Wildman–Crippen MR) is 66.7 cm³/mol. The maximum Gasteiger partial charge on any atom is 0.264 e.